The molecule has 3 rings (SSSR count). The summed E-state index contributed by atoms with van der Waals surface area (Å²) in [7, 11) is 1.47. The van der Waals surface area contributed by atoms with Crippen LogP contribution in [0.15, 0.2) is 36.5 Å². The molecule has 24 heavy (non-hydrogen) atoms. The second-order valence-corrected chi connectivity index (χ2v) is 5.11. The van der Waals surface area contributed by atoms with E-state index in [0.717, 1.165) is 16.9 Å². The Hall–Kier alpha value is -3.16. The third kappa shape index (κ3) is 3.43. The third-order valence-electron chi connectivity index (χ3n) is 3.52. The standard InChI is InChI=1S/C16H18N6O2/c1-11-19-12-5-3-4-6-13(12)22(11)10-9-17-15(23)20-14-7-8-18-16(21-14)24-2/h3-8H,9-10H2,1-2H3,(H2,17,18,20,21,23). The Morgan fingerprint density at radius 3 is 2.92 bits per heavy atom. The van der Waals surface area contributed by atoms with E-state index >= 15 is 0 Å². The number of hydrogen-bond acceptors (Lipinski definition) is 5. The van der Waals surface area contributed by atoms with Crippen LogP contribution in [-0.2, 0) is 6.54 Å². The van der Waals surface area contributed by atoms with Gasteiger partial charge in [-0.15, -0.1) is 0 Å². The maximum atomic E-state index is 11.9. The maximum Gasteiger partial charge on any atom is 0.320 e. The molecule has 0 saturated heterocycles. The Morgan fingerprint density at radius 1 is 1.25 bits per heavy atom. The van der Waals surface area contributed by atoms with Crippen LogP contribution >= 0.6 is 0 Å². The van der Waals surface area contributed by atoms with E-state index in [2.05, 4.69) is 30.2 Å². The number of benzene rings is 1. The molecular weight excluding hydrogens is 308 g/mol. The summed E-state index contributed by atoms with van der Waals surface area (Å²) in [5.41, 5.74) is 2.00. The number of urea groups is 1. The molecule has 3 aromatic rings. The molecule has 0 unspecified atom stereocenters. The highest BCUT2D eigenvalue weighted by Gasteiger charge is 2.08. The number of rotatable bonds is 5. The average Bonchev–Trinajstić information content (AvgIpc) is 2.91. The van der Waals surface area contributed by atoms with Gasteiger partial charge in [-0.05, 0) is 25.1 Å². The van der Waals surface area contributed by atoms with Gasteiger partial charge in [0, 0.05) is 19.3 Å². The second kappa shape index (κ2) is 6.95. The Kier molecular flexibility index (Phi) is 4.55. The highest BCUT2D eigenvalue weighted by atomic mass is 16.5. The fourth-order valence-corrected chi connectivity index (χ4v) is 2.43. The highest BCUT2D eigenvalue weighted by molar-refractivity contribution is 5.88. The SMILES string of the molecule is COc1nccc(NC(=O)NCCn2c(C)nc3ccccc32)n1. The first-order chi connectivity index (χ1) is 11.7. The van der Waals surface area contributed by atoms with Crippen LogP contribution in [0.2, 0.25) is 0 Å². The molecule has 8 nitrogen and oxygen atoms in total. The van der Waals surface area contributed by atoms with Gasteiger partial charge in [-0.2, -0.15) is 4.98 Å². The highest BCUT2D eigenvalue weighted by Crippen LogP contribution is 2.14. The number of fused-ring (bicyclic) bond motifs is 1. The molecule has 0 radical (unpaired) electrons. The van der Waals surface area contributed by atoms with E-state index < -0.39 is 0 Å². The predicted octanol–water partition coefficient (Wildman–Crippen LogP) is 1.97. The Bertz CT molecular complexity index is 861. The first kappa shape index (κ1) is 15.7. The van der Waals surface area contributed by atoms with Crippen molar-refractivity contribution in [1.82, 2.24) is 24.8 Å². The van der Waals surface area contributed by atoms with Crippen LogP contribution in [0, 0.1) is 6.92 Å². The largest absolute Gasteiger partial charge is 0.467 e. The van der Waals surface area contributed by atoms with Gasteiger partial charge in [-0.3, -0.25) is 5.32 Å². The minimum absolute atomic E-state index is 0.202. The first-order valence-corrected chi connectivity index (χ1v) is 7.51. The minimum Gasteiger partial charge on any atom is -0.467 e. The zero-order chi connectivity index (χ0) is 16.9. The lowest BCUT2D eigenvalue weighted by Gasteiger charge is -2.09. The lowest BCUT2D eigenvalue weighted by atomic mass is 10.3. The number of anilines is 1. The smallest absolute Gasteiger partial charge is 0.320 e. The molecule has 0 aliphatic carbocycles. The van der Waals surface area contributed by atoms with Gasteiger partial charge in [-0.25, -0.2) is 14.8 Å². The molecule has 2 amide bonds. The van der Waals surface area contributed by atoms with Crippen molar-refractivity contribution >= 4 is 22.9 Å². The summed E-state index contributed by atoms with van der Waals surface area (Å²) >= 11 is 0. The predicted molar refractivity (Wildman–Crippen MR) is 90.1 cm³/mol. The van der Waals surface area contributed by atoms with Crippen LogP contribution in [0.3, 0.4) is 0 Å². The summed E-state index contributed by atoms with van der Waals surface area (Å²) in [6.45, 7) is 3.05. The van der Waals surface area contributed by atoms with Gasteiger partial charge < -0.3 is 14.6 Å². The van der Waals surface area contributed by atoms with Gasteiger partial charge in [-0.1, -0.05) is 12.1 Å². The number of nitrogens with zero attached hydrogens (tertiary/aromatic N) is 4. The number of carbonyl (C=O) groups is 1. The summed E-state index contributed by atoms with van der Waals surface area (Å²) in [4.78, 5) is 24.4. The summed E-state index contributed by atoms with van der Waals surface area (Å²) in [5, 5.41) is 5.44. The molecule has 2 heterocycles. The molecule has 0 bridgehead atoms. The Labute approximate surface area is 138 Å². The molecule has 124 valence electrons. The van der Waals surface area contributed by atoms with E-state index in [1.54, 1.807) is 6.07 Å². The van der Waals surface area contributed by atoms with Gasteiger partial charge in [0.2, 0.25) is 0 Å². The second-order valence-electron chi connectivity index (χ2n) is 5.11. The van der Waals surface area contributed by atoms with Crippen molar-refractivity contribution in [2.24, 2.45) is 0 Å². The van der Waals surface area contributed by atoms with Gasteiger partial charge in [0.05, 0.1) is 18.1 Å². The number of ether oxygens (including phenoxy) is 1. The summed E-state index contributed by atoms with van der Waals surface area (Å²) < 4.78 is 6.99. The maximum absolute atomic E-state index is 11.9. The van der Waals surface area contributed by atoms with Gasteiger partial charge in [0.15, 0.2) is 0 Å². The molecular formula is C16H18N6O2. The van der Waals surface area contributed by atoms with Crippen molar-refractivity contribution in [3.05, 3.63) is 42.4 Å². The van der Waals surface area contributed by atoms with E-state index in [1.807, 2.05) is 31.2 Å². The van der Waals surface area contributed by atoms with Crippen molar-refractivity contribution in [2.45, 2.75) is 13.5 Å². The molecule has 2 N–H and O–H groups in total. The fourth-order valence-electron chi connectivity index (χ4n) is 2.43. The lowest BCUT2D eigenvalue weighted by Crippen LogP contribution is -2.32. The van der Waals surface area contributed by atoms with Crippen LogP contribution in [0.25, 0.3) is 11.0 Å². The van der Waals surface area contributed by atoms with Crippen molar-refractivity contribution < 1.29 is 9.53 Å². The van der Waals surface area contributed by atoms with E-state index in [9.17, 15) is 4.79 Å². The number of methoxy groups -OCH3 is 1. The summed E-state index contributed by atoms with van der Waals surface area (Å²) in [6.07, 6.45) is 1.52. The van der Waals surface area contributed by atoms with Crippen LogP contribution in [0.1, 0.15) is 5.82 Å². The third-order valence-corrected chi connectivity index (χ3v) is 3.52. The molecule has 0 aliphatic heterocycles. The molecule has 0 atom stereocenters. The molecule has 0 saturated carbocycles. The van der Waals surface area contributed by atoms with Crippen molar-refractivity contribution in [2.75, 3.05) is 19.0 Å². The number of imidazole rings is 1. The Balaban J connectivity index is 1.57. The number of para-hydroxylation sites is 2. The number of nitrogens with one attached hydrogen (secondary N) is 2. The molecule has 0 fully saturated rings. The number of carbonyl (C=O) groups excluding carboxylic acids is 1. The van der Waals surface area contributed by atoms with E-state index in [4.69, 9.17) is 4.74 Å². The number of aromatic nitrogens is 4. The number of hydrogen-bond donors (Lipinski definition) is 2. The van der Waals surface area contributed by atoms with Crippen molar-refractivity contribution in [1.29, 1.82) is 0 Å². The monoisotopic (exact) mass is 326 g/mol. The van der Waals surface area contributed by atoms with E-state index in [-0.39, 0.29) is 12.0 Å². The van der Waals surface area contributed by atoms with Crippen LogP contribution in [0.5, 0.6) is 6.01 Å². The lowest BCUT2D eigenvalue weighted by molar-refractivity contribution is 0.251. The molecule has 0 aliphatic rings. The zero-order valence-corrected chi connectivity index (χ0v) is 13.5. The molecule has 1 aromatic carbocycles. The molecule has 0 spiro atoms. The minimum atomic E-state index is -0.335. The van der Waals surface area contributed by atoms with Crippen molar-refractivity contribution in [3.8, 4) is 6.01 Å². The summed E-state index contributed by atoms with van der Waals surface area (Å²) in [6, 6.07) is 9.38. The normalized spacial score (nSPS) is 10.6. The van der Waals surface area contributed by atoms with Crippen molar-refractivity contribution in [3.63, 3.8) is 0 Å². The van der Waals surface area contributed by atoms with Gasteiger partial charge >= 0.3 is 12.0 Å². The molecule has 2 aromatic heterocycles. The van der Waals surface area contributed by atoms with Crippen LogP contribution in [-0.4, -0.2) is 39.2 Å². The van der Waals surface area contributed by atoms with E-state index in [0.29, 0.717) is 18.9 Å². The van der Waals surface area contributed by atoms with Crippen LogP contribution in [0.4, 0.5) is 10.6 Å². The first-order valence-electron chi connectivity index (χ1n) is 7.51. The number of aryl methyl sites for hydroxylation is 1. The van der Waals surface area contributed by atoms with Crippen LogP contribution < -0.4 is 15.4 Å². The Morgan fingerprint density at radius 2 is 2.08 bits per heavy atom. The summed E-state index contributed by atoms with van der Waals surface area (Å²) in [5.74, 6) is 1.29. The molecule has 8 heteroatoms. The quantitative estimate of drug-likeness (QED) is 0.747. The average molecular weight is 326 g/mol. The van der Waals surface area contributed by atoms with E-state index in [1.165, 1.54) is 13.3 Å². The zero-order valence-electron chi connectivity index (χ0n) is 13.5. The number of amides is 2. The fraction of sp³-hybridized carbons (Fsp3) is 0.250. The van der Waals surface area contributed by atoms with Gasteiger partial charge in [0.1, 0.15) is 11.6 Å². The topological polar surface area (TPSA) is 94.0 Å². The van der Waals surface area contributed by atoms with Gasteiger partial charge in [0.25, 0.3) is 0 Å².